The maximum atomic E-state index is 14.6. The predicted molar refractivity (Wildman–Crippen MR) is 96.4 cm³/mol. The van der Waals surface area contributed by atoms with E-state index in [1.165, 1.54) is 6.07 Å². The highest BCUT2D eigenvalue weighted by Gasteiger charge is 2.50. The fourth-order valence-corrected chi connectivity index (χ4v) is 3.67. The molecule has 7 heteroatoms. The summed E-state index contributed by atoms with van der Waals surface area (Å²) in [6.45, 7) is 1.17. The minimum atomic E-state index is -0.459. The van der Waals surface area contributed by atoms with Crippen LogP contribution in [0.3, 0.4) is 0 Å². The quantitative estimate of drug-likeness (QED) is 0.705. The normalized spacial score (nSPS) is 27.5. The van der Waals surface area contributed by atoms with Gasteiger partial charge >= 0.3 is 0 Å². The Morgan fingerprint density at radius 1 is 1.15 bits per heavy atom. The van der Waals surface area contributed by atoms with Gasteiger partial charge in [0, 0.05) is 18.2 Å². The number of halogens is 3. The topological polar surface area (TPSA) is 41.7 Å². The Kier molecular flexibility index (Phi) is 5.08. The summed E-state index contributed by atoms with van der Waals surface area (Å²) in [7, 11) is 0. The molecule has 2 fully saturated rings. The largest absolute Gasteiger partial charge is 0.491 e. The third-order valence-corrected chi connectivity index (χ3v) is 5.55. The standard InChI is InChI=1S/C19H18Cl2FNO3/c20-15-6-3-11(8-16(15)21)18-19(23(18)24)14-5-4-12(9-17(14)22)26-10-13-2-1-7-25-13/h3-6,8-9,13,18-19,24H,1-2,7,10H2/t13?,18-,19+,23?/m0/s1. The maximum absolute atomic E-state index is 14.6. The second-order valence-electron chi connectivity index (χ2n) is 6.57. The minimum absolute atomic E-state index is 0.0770. The second kappa shape index (κ2) is 7.33. The molecule has 0 spiro atoms. The lowest BCUT2D eigenvalue weighted by molar-refractivity contribution is 0.00426. The van der Waals surface area contributed by atoms with Crippen LogP contribution in [0.25, 0.3) is 0 Å². The van der Waals surface area contributed by atoms with E-state index in [-0.39, 0.29) is 12.1 Å². The van der Waals surface area contributed by atoms with Gasteiger partial charge in [-0.2, -0.15) is 5.06 Å². The van der Waals surface area contributed by atoms with Crippen LogP contribution in [0.1, 0.15) is 36.1 Å². The molecule has 0 amide bonds. The number of nitrogens with zero attached hydrogens (tertiary/aromatic N) is 1. The highest BCUT2D eigenvalue weighted by atomic mass is 35.5. The molecule has 0 bridgehead atoms. The average Bonchev–Trinajstić information content (AvgIpc) is 3.04. The molecule has 4 rings (SSSR count). The Morgan fingerprint density at radius 2 is 2.00 bits per heavy atom. The van der Waals surface area contributed by atoms with Crippen molar-refractivity contribution in [3.05, 3.63) is 63.4 Å². The molecule has 4 atom stereocenters. The molecule has 2 unspecified atom stereocenters. The van der Waals surface area contributed by atoms with Gasteiger partial charge in [0.1, 0.15) is 18.2 Å². The first-order valence-electron chi connectivity index (χ1n) is 8.50. The van der Waals surface area contributed by atoms with Crippen LogP contribution in [0, 0.1) is 5.82 Å². The van der Waals surface area contributed by atoms with Crippen LogP contribution in [0.15, 0.2) is 36.4 Å². The molecular weight excluding hydrogens is 380 g/mol. The van der Waals surface area contributed by atoms with Gasteiger partial charge in [-0.25, -0.2) is 4.39 Å². The fraction of sp³-hybridized carbons (Fsp3) is 0.368. The summed E-state index contributed by atoms with van der Waals surface area (Å²) in [6, 6.07) is 9.03. The molecule has 2 aliphatic heterocycles. The zero-order valence-electron chi connectivity index (χ0n) is 13.9. The third kappa shape index (κ3) is 3.55. The van der Waals surface area contributed by atoms with Gasteiger partial charge in [0.25, 0.3) is 0 Å². The minimum Gasteiger partial charge on any atom is -0.491 e. The molecule has 0 aromatic heterocycles. The zero-order chi connectivity index (χ0) is 18.3. The van der Waals surface area contributed by atoms with Gasteiger partial charge in [0.05, 0.1) is 28.2 Å². The van der Waals surface area contributed by atoms with Gasteiger partial charge < -0.3 is 14.7 Å². The molecule has 0 saturated carbocycles. The first kappa shape index (κ1) is 18.0. The molecule has 2 aliphatic rings. The molecule has 0 radical (unpaired) electrons. The van der Waals surface area contributed by atoms with Crippen molar-refractivity contribution in [2.45, 2.75) is 31.0 Å². The first-order valence-corrected chi connectivity index (χ1v) is 9.26. The van der Waals surface area contributed by atoms with Crippen molar-refractivity contribution in [1.29, 1.82) is 0 Å². The SMILES string of the molecule is ON1[C@H](c2ccc(OCC3CCCO3)cc2F)[C@@H]1c1ccc(Cl)c(Cl)c1. The van der Waals surface area contributed by atoms with Crippen molar-refractivity contribution in [2.75, 3.05) is 13.2 Å². The summed E-state index contributed by atoms with van der Waals surface area (Å²) < 4.78 is 25.7. The summed E-state index contributed by atoms with van der Waals surface area (Å²) in [6.07, 6.45) is 2.08. The number of hydroxylamine groups is 2. The van der Waals surface area contributed by atoms with Gasteiger partial charge in [-0.05, 0) is 36.6 Å². The maximum Gasteiger partial charge on any atom is 0.131 e. The predicted octanol–water partition coefficient (Wildman–Crippen LogP) is 5.18. The lowest BCUT2D eigenvalue weighted by Gasteiger charge is -2.12. The molecule has 2 aromatic carbocycles. The van der Waals surface area contributed by atoms with Gasteiger partial charge in [0.15, 0.2) is 0 Å². The van der Waals surface area contributed by atoms with E-state index in [2.05, 4.69) is 0 Å². The molecule has 2 heterocycles. The van der Waals surface area contributed by atoms with E-state index in [0.717, 1.165) is 30.1 Å². The van der Waals surface area contributed by atoms with E-state index in [4.69, 9.17) is 32.7 Å². The van der Waals surface area contributed by atoms with Crippen LogP contribution in [0.4, 0.5) is 4.39 Å². The van der Waals surface area contributed by atoms with Gasteiger partial charge in [-0.1, -0.05) is 35.3 Å². The van der Waals surface area contributed by atoms with Crippen LogP contribution in [-0.2, 0) is 4.74 Å². The highest BCUT2D eigenvalue weighted by Crippen LogP contribution is 2.54. The van der Waals surface area contributed by atoms with Crippen LogP contribution < -0.4 is 4.74 Å². The molecule has 1 N–H and O–H groups in total. The van der Waals surface area contributed by atoms with Crippen LogP contribution >= 0.6 is 23.2 Å². The van der Waals surface area contributed by atoms with Crippen LogP contribution in [-0.4, -0.2) is 29.6 Å². The van der Waals surface area contributed by atoms with Crippen LogP contribution in [0.5, 0.6) is 5.75 Å². The first-order chi connectivity index (χ1) is 12.5. The zero-order valence-corrected chi connectivity index (χ0v) is 15.4. The van der Waals surface area contributed by atoms with Crippen molar-refractivity contribution in [2.24, 2.45) is 0 Å². The van der Waals surface area contributed by atoms with E-state index in [0.29, 0.717) is 28.0 Å². The summed E-state index contributed by atoms with van der Waals surface area (Å²) in [5.74, 6) is 0.0411. The Morgan fingerprint density at radius 3 is 2.69 bits per heavy atom. The number of ether oxygens (including phenoxy) is 2. The Balaban J connectivity index is 1.46. The third-order valence-electron chi connectivity index (χ3n) is 4.81. The van der Waals surface area contributed by atoms with Crippen molar-refractivity contribution in [1.82, 2.24) is 5.06 Å². The lowest BCUT2D eigenvalue weighted by atomic mass is 10.0. The van der Waals surface area contributed by atoms with Crippen molar-refractivity contribution >= 4 is 23.2 Å². The van der Waals surface area contributed by atoms with E-state index in [9.17, 15) is 9.60 Å². The van der Waals surface area contributed by atoms with E-state index in [1.54, 1.807) is 30.3 Å². The number of rotatable bonds is 5. The summed E-state index contributed by atoms with van der Waals surface area (Å²) in [4.78, 5) is 0. The number of benzene rings is 2. The molecule has 138 valence electrons. The Labute approximate surface area is 161 Å². The van der Waals surface area contributed by atoms with Crippen molar-refractivity contribution in [3.8, 4) is 5.75 Å². The van der Waals surface area contributed by atoms with Crippen LogP contribution in [0.2, 0.25) is 10.0 Å². The molecule has 4 nitrogen and oxygen atoms in total. The summed E-state index contributed by atoms with van der Waals surface area (Å²) in [5, 5.41) is 12.1. The number of hydrogen-bond donors (Lipinski definition) is 1. The van der Waals surface area contributed by atoms with Gasteiger partial charge in [-0.15, -0.1) is 0 Å². The number of hydrogen-bond acceptors (Lipinski definition) is 4. The lowest BCUT2D eigenvalue weighted by Crippen LogP contribution is -2.16. The van der Waals surface area contributed by atoms with Gasteiger partial charge in [0.2, 0.25) is 0 Å². The second-order valence-corrected chi connectivity index (χ2v) is 7.39. The Hall–Kier alpha value is -1.37. The average molecular weight is 398 g/mol. The summed E-state index contributed by atoms with van der Waals surface area (Å²) in [5.41, 5.74) is 1.19. The fourth-order valence-electron chi connectivity index (χ4n) is 3.37. The summed E-state index contributed by atoms with van der Waals surface area (Å²) >= 11 is 12.0. The van der Waals surface area contributed by atoms with E-state index in [1.807, 2.05) is 0 Å². The van der Waals surface area contributed by atoms with Gasteiger partial charge in [-0.3, -0.25) is 0 Å². The smallest absolute Gasteiger partial charge is 0.131 e. The highest BCUT2D eigenvalue weighted by molar-refractivity contribution is 6.42. The molecule has 0 aliphatic carbocycles. The molecule has 26 heavy (non-hydrogen) atoms. The molecule has 2 aromatic rings. The van der Waals surface area contributed by atoms with E-state index >= 15 is 0 Å². The monoisotopic (exact) mass is 397 g/mol. The van der Waals surface area contributed by atoms with Crippen molar-refractivity contribution < 1.29 is 19.1 Å². The molecular formula is C19H18Cl2FNO3. The van der Waals surface area contributed by atoms with Crippen molar-refractivity contribution in [3.63, 3.8) is 0 Å². The Bertz CT molecular complexity index is 813. The van der Waals surface area contributed by atoms with E-state index < -0.39 is 11.9 Å². The molecule has 2 saturated heterocycles.